The molecule has 0 aliphatic carbocycles. The molecule has 18 heavy (non-hydrogen) atoms. The molecule has 1 heterocycles. The van der Waals surface area contributed by atoms with Crippen LogP contribution in [-0.2, 0) is 6.42 Å². The van der Waals surface area contributed by atoms with Crippen LogP contribution in [0.4, 0.5) is 5.69 Å². The Hall–Kier alpha value is -1.88. The Morgan fingerprint density at radius 2 is 2.17 bits per heavy atom. The van der Waals surface area contributed by atoms with E-state index in [-0.39, 0.29) is 0 Å². The van der Waals surface area contributed by atoms with Crippen LogP contribution in [0.5, 0.6) is 0 Å². The maximum atomic E-state index is 5.28. The van der Waals surface area contributed by atoms with E-state index in [2.05, 4.69) is 15.5 Å². The lowest BCUT2D eigenvalue weighted by Crippen LogP contribution is -2.11. The summed E-state index contributed by atoms with van der Waals surface area (Å²) in [7, 11) is 5.91. The van der Waals surface area contributed by atoms with Gasteiger partial charge < -0.3 is 14.7 Å². The van der Waals surface area contributed by atoms with E-state index in [1.165, 1.54) is 0 Å². The van der Waals surface area contributed by atoms with Crippen molar-refractivity contribution in [3.63, 3.8) is 0 Å². The highest BCUT2D eigenvalue weighted by Gasteiger charge is 2.09. The predicted molar refractivity (Wildman–Crippen MR) is 71.7 cm³/mol. The Morgan fingerprint density at radius 1 is 1.33 bits per heavy atom. The Kier molecular flexibility index (Phi) is 3.94. The van der Waals surface area contributed by atoms with Crippen LogP contribution in [0.15, 0.2) is 28.8 Å². The van der Waals surface area contributed by atoms with E-state index in [9.17, 15) is 0 Å². The number of nitrogens with one attached hydrogen (secondary N) is 1. The summed E-state index contributed by atoms with van der Waals surface area (Å²) in [4.78, 5) is 6.43. The molecule has 96 valence electrons. The van der Waals surface area contributed by atoms with Crippen molar-refractivity contribution < 1.29 is 4.52 Å². The van der Waals surface area contributed by atoms with Crippen LogP contribution >= 0.6 is 0 Å². The second kappa shape index (κ2) is 5.64. The third-order valence-corrected chi connectivity index (χ3v) is 2.68. The Balaban J connectivity index is 2.20. The first-order valence-corrected chi connectivity index (χ1v) is 5.95. The van der Waals surface area contributed by atoms with Gasteiger partial charge in [-0.2, -0.15) is 4.98 Å². The van der Waals surface area contributed by atoms with E-state index >= 15 is 0 Å². The first-order chi connectivity index (χ1) is 8.70. The van der Waals surface area contributed by atoms with Crippen molar-refractivity contribution in [1.29, 1.82) is 0 Å². The Bertz CT molecular complexity index is 507. The quantitative estimate of drug-likeness (QED) is 0.867. The van der Waals surface area contributed by atoms with Crippen LogP contribution in [0.1, 0.15) is 5.82 Å². The summed E-state index contributed by atoms with van der Waals surface area (Å²) >= 11 is 0. The second-order valence-electron chi connectivity index (χ2n) is 4.31. The molecule has 0 aliphatic rings. The van der Waals surface area contributed by atoms with Crippen LogP contribution in [0.3, 0.4) is 0 Å². The summed E-state index contributed by atoms with van der Waals surface area (Å²) in [5.74, 6) is 1.31. The SMILES string of the molecule is CNCCc1noc(-c2cccc(N(C)C)c2)n1. The van der Waals surface area contributed by atoms with Gasteiger partial charge in [0.05, 0.1) is 0 Å². The minimum absolute atomic E-state index is 0.574. The first-order valence-electron chi connectivity index (χ1n) is 5.95. The van der Waals surface area contributed by atoms with Crippen molar-refractivity contribution in [3.8, 4) is 11.5 Å². The molecule has 0 saturated heterocycles. The van der Waals surface area contributed by atoms with Gasteiger partial charge in [-0.15, -0.1) is 0 Å². The molecule has 1 aromatic heterocycles. The standard InChI is InChI=1S/C13H18N4O/c1-14-8-7-12-15-13(18-16-12)10-5-4-6-11(9-10)17(2)3/h4-6,9,14H,7-8H2,1-3H3. The molecule has 2 rings (SSSR count). The van der Waals surface area contributed by atoms with Crippen molar-refractivity contribution in [3.05, 3.63) is 30.1 Å². The fourth-order valence-electron chi connectivity index (χ4n) is 1.63. The molecule has 0 spiro atoms. The lowest BCUT2D eigenvalue weighted by Gasteiger charge is -2.12. The maximum absolute atomic E-state index is 5.28. The molecule has 0 aliphatic heterocycles. The predicted octanol–water partition coefficient (Wildman–Crippen LogP) is 1.56. The fourth-order valence-corrected chi connectivity index (χ4v) is 1.63. The van der Waals surface area contributed by atoms with Gasteiger partial charge in [0, 0.05) is 38.3 Å². The average molecular weight is 246 g/mol. The van der Waals surface area contributed by atoms with Gasteiger partial charge in [0.25, 0.3) is 5.89 Å². The highest BCUT2D eigenvalue weighted by molar-refractivity contribution is 5.61. The zero-order chi connectivity index (χ0) is 13.0. The van der Waals surface area contributed by atoms with Gasteiger partial charge in [-0.25, -0.2) is 0 Å². The molecule has 0 fully saturated rings. The van der Waals surface area contributed by atoms with Crippen molar-refractivity contribution in [2.45, 2.75) is 6.42 Å². The van der Waals surface area contributed by atoms with E-state index in [0.29, 0.717) is 5.89 Å². The van der Waals surface area contributed by atoms with Crippen LogP contribution in [0.2, 0.25) is 0 Å². The monoisotopic (exact) mass is 246 g/mol. The van der Waals surface area contributed by atoms with Gasteiger partial charge in [0.15, 0.2) is 5.82 Å². The molecular formula is C13H18N4O. The average Bonchev–Trinajstić information content (AvgIpc) is 2.85. The molecule has 0 amide bonds. The van der Waals surface area contributed by atoms with Crippen molar-refractivity contribution in [2.24, 2.45) is 0 Å². The summed E-state index contributed by atoms with van der Waals surface area (Å²) < 4.78 is 5.28. The summed E-state index contributed by atoms with van der Waals surface area (Å²) in [6, 6.07) is 8.04. The van der Waals surface area contributed by atoms with Crippen LogP contribution in [0, 0.1) is 0 Å². The van der Waals surface area contributed by atoms with Crippen molar-refractivity contribution >= 4 is 5.69 Å². The van der Waals surface area contributed by atoms with Crippen molar-refractivity contribution in [2.75, 3.05) is 32.6 Å². The number of rotatable bonds is 5. The summed E-state index contributed by atoms with van der Waals surface area (Å²) in [6.45, 7) is 0.844. The molecular weight excluding hydrogens is 228 g/mol. The normalized spacial score (nSPS) is 10.6. The largest absolute Gasteiger partial charge is 0.378 e. The fraction of sp³-hybridized carbons (Fsp3) is 0.385. The number of nitrogens with zero attached hydrogens (tertiary/aromatic N) is 3. The summed E-state index contributed by atoms with van der Waals surface area (Å²) in [5.41, 5.74) is 2.06. The minimum atomic E-state index is 0.574. The van der Waals surface area contributed by atoms with Gasteiger partial charge in [-0.3, -0.25) is 0 Å². The van der Waals surface area contributed by atoms with E-state index in [0.717, 1.165) is 30.0 Å². The first kappa shape index (κ1) is 12.6. The third-order valence-electron chi connectivity index (χ3n) is 2.68. The molecule has 0 saturated carbocycles. The number of hydrogen-bond acceptors (Lipinski definition) is 5. The number of benzene rings is 1. The van der Waals surface area contributed by atoms with Gasteiger partial charge in [-0.05, 0) is 25.2 Å². The van der Waals surface area contributed by atoms with E-state index < -0.39 is 0 Å². The Labute approximate surface area is 107 Å². The molecule has 0 unspecified atom stereocenters. The number of aromatic nitrogens is 2. The second-order valence-corrected chi connectivity index (χ2v) is 4.31. The highest BCUT2D eigenvalue weighted by atomic mass is 16.5. The molecule has 2 aromatic rings. The lowest BCUT2D eigenvalue weighted by atomic mass is 10.2. The van der Waals surface area contributed by atoms with E-state index in [1.807, 2.05) is 50.3 Å². The molecule has 5 nitrogen and oxygen atoms in total. The zero-order valence-electron chi connectivity index (χ0n) is 11.0. The molecule has 0 atom stereocenters. The molecule has 0 radical (unpaired) electrons. The zero-order valence-corrected chi connectivity index (χ0v) is 11.0. The van der Waals surface area contributed by atoms with Gasteiger partial charge in [0.1, 0.15) is 0 Å². The van der Waals surface area contributed by atoms with Crippen molar-refractivity contribution in [1.82, 2.24) is 15.5 Å². The highest BCUT2D eigenvalue weighted by Crippen LogP contribution is 2.22. The van der Waals surface area contributed by atoms with Gasteiger partial charge in [0.2, 0.25) is 0 Å². The number of hydrogen-bond donors (Lipinski definition) is 1. The Morgan fingerprint density at radius 3 is 2.89 bits per heavy atom. The molecule has 5 heteroatoms. The molecule has 1 N–H and O–H groups in total. The lowest BCUT2D eigenvalue weighted by molar-refractivity contribution is 0.422. The number of anilines is 1. The maximum Gasteiger partial charge on any atom is 0.257 e. The smallest absolute Gasteiger partial charge is 0.257 e. The minimum Gasteiger partial charge on any atom is -0.378 e. The topological polar surface area (TPSA) is 54.2 Å². The van der Waals surface area contributed by atoms with E-state index in [1.54, 1.807) is 0 Å². The summed E-state index contributed by atoms with van der Waals surface area (Å²) in [6.07, 6.45) is 0.771. The van der Waals surface area contributed by atoms with E-state index in [4.69, 9.17) is 4.52 Å². The van der Waals surface area contributed by atoms with Gasteiger partial charge in [-0.1, -0.05) is 11.2 Å². The van der Waals surface area contributed by atoms with Crippen LogP contribution in [-0.4, -0.2) is 37.8 Å². The van der Waals surface area contributed by atoms with Gasteiger partial charge >= 0.3 is 0 Å². The molecule has 0 bridgehead atoms. The number of likely N-dealkylation sites (N-methyl/N-ethyl adjacent to an activating group) is 1. The molecule has 1 aromatic carbocycles. The summed E-state index contributed by atoms with van der Waals surface area (Å²) in [5, 5.41) is 7.03. The third kappa shape index (κ3) is 2.87. The van der Waals surface area contributed by atoms with Crippen LogP contribution < -0.4 is 10.2 Å². The van der Waals surface area contributed by atoms with Crippen LogP contribution in [0.25, 0.3) is 11.5 Å².